The van der Waals surface area contributed by atoms with Crippen molar-refractivity contribution in [3.8, 4) is 11.4 Å². The molecule has 114 heavy (non-hydrogen) atoms. The molecule has 0 spiro atoms. The van der Waals surface area contributed by atoms with Gasteiger partial charge in [-0.05, 0) is 145 Å². The molecule has 1 saturated heterocycles. The van der Waals surface area contributed by atoms with E-state index in [0.29, 0.717) is 185 Å². The zero-order valence-corrected chi connectivity index (χ0v) is 68.4. The lowest BCUT2D eigenvalue weighted by Crippen LogP contribution is -2.47. The van der Waals surface area contributed by atoms with E-state index in [1.54, 1.807) is 22.2 Å². The number of methoxy groups -OCH3 is 1. The third-order valence-corrected chi connectivity index (χ3v) is 20.0. The van der Waals surface area contributed by atoms with Crippen LogP contribution in [0.3, 0.4) is 0 Å². The summed E-state index contributed by atoms with van der Waals surface area (Å²) in [6.45, 7) is 25.3. The second-order valence-corrected chi connectivity index (χ2v) is 28.6. The number of Topliss-reactive ketones (excluding diaryl/α,β-unsaturated/α-hetero) is 3. The van der Waals surface area contributed by atoms with Gasteiger partial charge in [0.2, 0.25) is 23.3 Å². The van der Waals surface area contributed by atoms with Crippen LogP contribution in [-0.4, -0.2) is 216 Å². The topological polar surface area (TPSA) is 354 Å². The quantitative estimate of drug-likeness (QED) is 0.0204. The highest BCUT2D eigenvalue weighted by Gasteiger charge is 2.51. The molecule has 0 bridgehead atoms. The Labute approximate surface area is 672 Å². The van der Waals surface area contributed by atoms with Crippen molar-refractivity contribution in [2.45, 2.75) is 191 Å². The van der Waals surface area contributed by atoms with E-state index in [1.807, 2.05) is 51.4 Å². The Morgan fingerprint density at radius 1 is 0.711 bits per heavy atom. The number of cyclic esters (lactones) is 1. The molecule has 6 heterocycles. The highest BCUT2D eigenvalue weighted by atomic mass is 16.7. The minimum absolute atomic E-state index is 0. The summed E-state index contributed by atoms with van der Waals surface area (Å²) in [6.07, 6.45) is 13.6. The molecule has 4 aliphatic rings. The number of likely N-dealkylation sites (tertiary alicyclic amines) is 1. The molecule has 3 unspecified atom stereocenters. The van der Waals surface area contributed by atoms with Gasteiger partial charge in [0.1, 0.15) is 25.6 Å². The molecule has 3 N–H and O–H groups in total. The highest BCUT2D eigenvalue weighted by Crippen LogP contribution is 2.43. The summed E-state index contributed by atoms with van der Waals surface area (Å²) in [4.78, 5) is 115. The molecule has 3 aliphatic heterocycles. The number of hydrogen-bond donors (Lipinski definition) is 2. The Morgan fingerprint density at radius 3 is 1.83 bits per heavy atom. The van der Waals surface area contributed by atoms with Crippen molar-refractivity contribution in [3.05, 3.63) is 104 Å². The van der Waals surface area contributed by atoms with E-state index < -0.39 is 17.7 Å². The number of hydrogen-bond acceptors (Lipinski definition) is 25. The normalized spacial score (nSPS) is 16.9. The summed E-state index contributed by atoms with van der Waals surface area (Å²) in [7, 11) is 2.98. The maximum absolute atomic E-state index is 13.6. The van der Waals surface area contributed by atoms with Crippen molar-refractivity contribution in [1.29, 1.82) is 0 Å². The number of carbonyl (C=O) groups excluding carboxylic acids is 8. The second kappa shape index (κ2) is 53.2. The van der Waals surface area contributed by atoms with Crippen LogP contribution in [0.5, 0.6) is 0 Å². The number of pyridine rings is 2. The average molecular weight is 1600 g/mol. The number of esters is 1. The number of imide groups is 1. The first kappa shape index (κ1) is 96.5. The standard InChI is InChI=1S/C25H24N2O6.C25H48O11.C18H26N4O3.C16H26N2O.CH4/c1-5-14-15-9-13(3)7-8-19(15)26-21-16(14)11-27-20(21)10-18-17(22(27)28)12-32-23(29)25(18,6-2)33-24(30)31-4;1-3-6-28-8-10-30-12-14-32-16-18-34-20-21-35-19-17-33-15-13-31-11-9-29-7-4-5-25(27)23-36-22-24(2)26;1-12-9-17(24)22(18(12)25)10-13-3-5-14(6-4-13)16(23)8-7-15-11-21(2)20-19-15;1-3-13-8-10-15(11-9-13)18-16(19)14(4-2)7-5-6-12-17;/h7-10H,5-6,11-12H2,1-4H3;3-23H2,1-2H3;11-14H,3-10H2,1-2H3;8-11,14H,3-7,12,17H2,1-2H3,(H,18,19);1H4. The zero-order chi connectivity index (χ0) is 81.9. The molecule has 29 nitrogen and oxygen atoms in total. The number of nitrogens with two attached hydrogens (primary N) is 1. The summed E-state index contributed by atoms with van der Waals surface area (Å²) in [6, 6.07) is 15.9. The van der Waals surface area contributed by atoms with Crippen LogP contribution in [0.25, 0.3) is 22.3 Å². The molecule has 29 heteroatoms. The van der Waals surface area contributed by atoms with E-state index in [2.05, 4.69) is 66.3 Å². The Hall–Kier alpha value is -8.10. The van der Waals surface area contributed by atoms with Crippen LogP contribution >= 0.6 is 0 Å². The number of anilines is 1. The first-order valence-corrected chi connectivity index (χ1v) is 40.3. The Balaban J connectivity index is 0.000000277. The van der Waals surface area contributed by atoms with Crippen LogP contribution in [0.4, 0.5) is 10.5 Å². The van der Waals surface area contributed by atoms with Crippen LogP contribution in [0.1, 0.15) is 185 Å². The SMILES string of the molecule is C.CC1CC(=O)N(CC2CCC(C(=O)CCc3cn(C)nn3)CC2)C1=O.CCCOCCOCCOCCOCCOCCOCCOCCOCCCC(=O)COCC(C)=O.CCc1c2c(nc3ccc(C)cc13)-c1cc3c(c(=O)n1C2)COC(=O)C3(CC)OC(=O)OC.CCc1ccc(NC(=O)C(CC)CCCCN)cc1. The number of rotatable bonds is 48. The monoisotopic (exact) mass is 1600 g/mol. The number of amides is 3. The lowest BCUT2D eigenvalue weighted by Gasteiger charge is -2.35. The summed E-state index contributed by atoms with van der Waals surface area (Å²) >= 11 is 0. The smallest absolute Gasteiger partial charge is 0.457 e. The maximum atomic E-state index is 13.6. The van der Waals surface area contributed by atoms with Crippen LogP contribution in [-0.2, 0) is 135 Å². The van der Waals surface area contributed by atoms with Gasteiger partial charge >= 0.3 is 12.1 Å². The zero-order valence-electron chi connectivity index (χ0n) is 68.4. The Kier molecular flexibility index (Phi) is 45.0. The molecular weight excluding hydrogens is 1470 g/mol. The minimum Gasteiger partial charge on any atom is -0.457 e. The predicted molar refractivity (Wildman–Crippen MR) is 431 cm³/mol. The van der Waals surface area contributed by atoms with Gasteiger partial charge in [-0.25, -0.2) is 14.6 Å². The maximum Gasteiger partial charge on any atom is 0.509 e. The number of fused-ring (bicyclic) bond motifs is 5. The van der Waals surface area contributed by atoms with Gasteiger partial charge in [-0.1, -0.05) is 84.4 Å². The summed E-state index contributed by atoms with van der Waals surface area (Å²) < 4.78 is 66.9. The average Bonchev–Trinajstić information content (AvgIpc) is 1.48. The number of carbonyl (C=O) groups is 8. The first-order chi connectivity index (χ1) is 54.6. The fraction of sp³-hybridized carbons (Fsp3) is 0.647. The van der Waals surface area contributed by atoms with Crippen molar-refractivity contribution < 1.29 is 95.2 Å². The molecule has 634 valence electrons. The van der Waals surface area contributed by atoms with Crippen LogP contribution in [0, 0.1) is 30.6 Å². The van der Waals surface area contributed by atoms with E-state index in [-0.39, 0.29) is 86.3 Å². The van der Waals surface area contributed by atoms with Gasteiger partial charge in [0.25, 0.3) is 5.56 Å². The van der Waals surface area contributed by atoms with Gasteiger partial charge in [0.15, 0.2) is 11.6 Å². The van der Waals surface area contributed by atoms with Crippen LogP contribution in [0.2, 0.25) is 0 Å². The molecule has 9 rings (SSSR count). The van der Waals surface area contributed by atoms with Crippen molar-refractivity contribution in [3.63, 3.8) is 0 Å². The summed E-state index contributed by atoms with van der Waals surface area (Å²) in [5, 5.41) is 12.0. The molecule has 1 saturated carbocycles. The number of aromatic nitrogens is 5. The molecule has 3 aromatic heterocycles. The van der Waals surface area contributed by atoms with E-state index in [0.717, 1.165) is 123 Å². The van der Waals surface area contributed by atoms with Gasteiger partial charge in [-0.2, -0.15) is 0 Å². The Bertz CT molecular complexity index is 3840. The predicted octanol–water partition coefficient (Wildman–Crippen LogP) is 10.7. The molecule has 0 radical (unpaired) electrons. The fourth-order valence-corrected chi connectivity index (χ4v) is 13.6. The summed E-state index contributed by atoms with van der Waals surface area (Å²) in [5.74, 6) is -0.131. The molecule has 3 amide bonds. The van der Waals surface area contributed by atoms with Gasteiger partial charge in [0.05, 0.1) is 134 Å². The molecule has 2 fully saturated rings. The number of ketones is 3. The van der Waals surface area contributed by atoms with Crippen LogP contribution in [0.15, 0.2) is 59.5 Å². The molecular formula is C85H128N8O21. The minimum atomic E-state index is -1.75. The van der Waals surface area contributed by atoms with Gasteiger partial charge in [-0.3, -0.25) is 43.1 Å². The summed E-state index contributed by atoms with van der Waals surface area (Å²) in [5.41, 5.74) is 12.6. The van der Waals surface area contributed by atoms with Crippen molar-refractivity contribution >= 4 is 63.8 Å². The molecule has 5 aromatic rings. The lowest BCUT2D eigenvalue weighted by atomic mass is 9.79. The number of nitrogens with one attached hydrogen (secondary N) is 1. The fourth-order valence-electron chi connectivity index (χ4n) is 13.6. The number of ether oxygens (including phenoxy) is 12. The van der Waals surface area contributed by atoms with Crippen molar-refractivity contribution in [2.75, 3.05) is 144 Å². The van der Waals surface area contributed by atoms with E-state index in [9.17, 15) is 43.2 Å². The van der Waals surface area contributed by atoms with Gasteiger partial charge in [0, 0.05) is 98.6 Å². The van der Waals surface area contributed by atoms with E-state index in [1.165, 1.54) is 17.4 Å². The molecule has 2 aromatic carbocycles. The van der Waals surface area contributed by atoms with Crippen molar-refractivity contribution in [2.24, 2.45) is 36.5 Å². The third-order valence-electron chi connectivity index (χ3n) is 20.0. The molecule has 1 aliphatic carbocycles. The highest BCUT2D eigenvalue weighted by molar-refractivity contribution is 6.03. The van der Waals surface area contributed by atoms with E-state index in [4.69, 9.17) is 62.8 Å². The number of aryl methyl sites for hydroxylation is 5. The third kappa shape index (κ3) is 31.5. The Morgan fingerprint density at radius 2 is 1.32 bits per heavy atom. The van der Waals surface area contributed by atoms with Gasteiger partial charge in [-0.15, -0.1) is 5.10 Å². The van der Waals surface area contributed by atoms with E-state index >= 15 is 0 Å². The number of benzene rings is 2. The van der Waals surface area contributed by atoms with Crippen LogP contribution < -0.4 is 16.6 Å². The first-order valence-electron chi connectivity index (χ1n) is 40.3. The lowest BCUT2D eigenvalue weighted by molar-refractivity contribution is -0.175. The molecule has 3 atom stereocenters. The van der Waals surface area contributed by atoms with Gasteiger partial charge < -0.3 is 72.5 Å². The number of unbranched alkanes of at least 4 members (excludes halogenated alkanes) is 1. The second-order valence-electron chi connectivity index (χ2n) is 28.6. The van der Waals surface area contributed by atoms with Crippen molar-refractivity contribution in [1.82, 2.24) is 29.4 Å². The largest absolute Gasteiger partial charge is 0.509 e. The number of nitrogens with zero attached hydrogens (tertiary/aromatic N) is 6.